The highest BCUT2D eigenvalue weighted by Gasteiger charge is 2.41. The van der Waals surface area contributed by atoms with Crippen LogP contribution in [0.3, 0.4) is 0 Å². The molecule has 2 rings (SSSR count). The van der Waals surface area contributed by atoms with Crippen LogP contribution in [0.25, 0.3) is 0 Å². The van der Waals surface area contributed by atoms with E-state index in [0.29, 0.717) is 16.3 Å². The summed E-state index contributed by atoms with van der Waals surface area (Å²) in [7, 11) is 0. The molecule has 72 valence electrons. The maximum Gasteiger partial charge on any atom is 0.296 e. The standard InChI is InChI=1S/C9H8N2O3/c1-6-7-4-2-3-5-8(7)10(9(6)12)11(13)14/h2-6H,1H3. The molecule has 1 aromatic rings. The lowest BCUT2D eigenvalue weighted by molar-refractivity contribution is -0.483. The topological polar surface area (TPSA) is 63.5 Å². The Morgan fingerprint density at radius 2 is 2.07 bits per heavy atom. The number of hydrazine groups is 1. The van der Waals surface area contributed by atoms with Crippen molar-refractivity contribution in [1.82, 2.24) is 0 Å². The number of carbonyl (C=O) groups excluding carboxylic acids is 1. The Labute approximate surface area is 80.1 Å². The second-order valence-corrected chi connectivity index (χ2v) is 3.17. The van der Waals surface area contributed by atoms with Gasteiger partial charge in [0.05, 0.1) is 5.92 Å². The largest absolute Gasteiger partial charge is 0.296 e. The summed E-state index contributed by atoms with van der Waals surface area (Å²) in [6.45, 7) is 1.67. The van der Waals surface area contributed by atoms with Crippen molar-refractivity contribution in [3.8, 4) is 0 Å². The van der Waals surface area contributed by atoms with E-state index in [1.165, 1.54) is 0 Å². The van der Waals surface area contributed by atoms with Crippen molar-refractivity contribution >= 4 is 11.6 Å². The Morgan fingerprint density at radius 1 is 1.43 bits per heavy atom. The number of amides is 1. The van der Waals surface area contributed by atoms with Crippen LogP contribution >= 0.6 is 0 Å². The molecule has 0 aliphatic carbocycles. The minimum atomic E-state index is -0.676. The number of hydrogen-bond acceptors (Lipinski definition) is 3. The van der Waals surface area contributed by atoms with Gasteiger partial charge in [0.25, 0.3) is 5.91 Å². The van der Waals surface area contributed by atoms with Gasteiger partial charge in [-0.15, -0.1) is 0 Å². The Morgan fingerprint density at radius 3 is 2.71 bits per heavy atom. The average molecular weight is 192 g/mol. The molecule has 1 aromatic carbocycles. The minimum Gasteiger partial charge on any atom is -0.268 e. The van der Waals surface area contributed by atoms with E-state index in [1.807, 2.05) is 0 Å². The molecule has 0 saturated heterocycles. The van der Waals surface area contributed by atoms with Crippen LogP contribution in [-0.2, 0) is 4.79 Å². The summed E-state index contributed by atoms with van der Waals surface area (Å²) in [4.78, 5) is 22.1. The number of nitro groups is 1. The molecule has 1 aliphatic heterocycles. The molecular weight excluding hydrogens is 184 g/mol. The van der Waals surface area contributed by atoms with Crippen LogP contribution in [0.4, 0.5) is 5.69 Å². The van der Waals surface area contributed by atoms with Crippen LogP contribution in [-0.4, -0.2) is 10.9 Å². The maximum atomic E-state index is 11.5. The van der Waals surface area contributed by atoms with Crippen LogP contribution in [0.5, 0.6) is 0 Å². The molecule has 0 fully saturated rings. The lowest BCUT2D eigenvalue weighted by atomic mass is 10.0. The zero-order chi connectivity index (χ0) is 10.3. The van der Waals surface area contributed by atoms with Crippen LogP contribution in [0.1, 0.15) is 18.4 Å². The van der Waals surface area contributed by atoms with Gasteiger partial charge in [0.15, 0.2) is 5.03 Å². The molecule has 5 nitrogen and oxygen atoms in total. The predicted molar refractivity (Wildman–Crippen MR) is 49.3 cm³/mol. The molecule has 1 unspecified atom stereocenters. The summed E-state index contributed by atoms with van der Waals surface area (Å²) < 4.78 is 0. The third-order valence-electron chi connectivity index (χ3n) is 2.37. The molecule has 0 N–H and O–H groups in total. The van der Waals surface area contributed by atoms with Gasteiger partial charge in [-0.25, -0.2) is 10.1 Å². The van der Waals surface area contributed by atoms with Crippen molar-refractivity contribution in [2.75, 3.05) is 5.01 Å². The maximum absolute atomic E-state index is 11.5. The fourth-order valence-corrected chi connectivity index (χ4v) is 1.65. The predicted octanol–water partition coefficient (Wildman–Crippen LogP) is 1.33. The summed E-state index contributed by atoms with van der Waals surface area (Å²) in [6, 6.07) is 6.77. The Kier molecular flexibility index (Phi) is 1.73. The molecule has 0 aromatic heterocycles. The van der Waals surface area contributed by atoms with Crippen molar-refractivity contribution in [1.29, 1.82) is 0 Å². The molecule has 0 spiro atoms. The van der Waals surface area contributed by atoms with Gasteiger partial charge in [-0.3, -0.25) is 4.79 Å². The molecule has 14 heavy (non-hydrogen) atoms. The molecule has 1 aliphatic rings. The van der Waals surface area contributed by atoms with E-state index in [4.69, 9.17) is 0 Å². The summed E-state index contributed by atoms with van der Waals surface area (Å²) in [5.74, 6) is -0.896. The van der Waals surface area contributed by atoms with E-state index >= 15 is 0 Å². The number of carbonyl (C=O) groups is 1. The number of fused-ring (bicyclic) bond motifs is 1. The summed E-state index contributed by atoms with van der Waals surface area (Å²) in [5.41, 5.74) is 1.10. The summed E-state index contributed by atoms with van der Waals surface area (Å²) >= 11 is 0. The monoisotopic (exact) mass is 192 g/mol. The number of nitrogens with zero attached hydrogens (tertiary/aromatic N) is 2. The SMILES string of the molecule is CC1C(=O)N([N+](=O)[O-])c2ccccc21. The van der Waals surface area contributed by atoms with Crippen LogP contribution in [0.15, 0.2) is 24.3 Å². The highest BCUT2D eigenvalue weighted by molar-refractivity contribution is 6.02. The number of benzene rings is 1. The van der Waals surface area contributed by atoms with Gasteiger partial charge in [0.1, 0.15) is 5.69 Å². The highest BCUT2D eigenvalue weighted by Crippen LogP contribution is 2.36. The first kappa shape index (κ1) is 8.68. The molecule has 0 bridgehead atoms. The lowest BCUT2D eigenvalue weighted by Crippen LogP contribution is -2.33. The molecule has 1 atom stereocenters. The van der Waals surface area contributed by atoms with Crippen molar-refractivity contribution < 1.29 is 9.83 Å². The van der Waals surface area contributed by atoms with Gasteiger partial charge in [0, 0.05) is 0 Å². The fourth-order valence-electron chi connectivity index (χ4n) is 1.65. The molecule has 1 amide bonds. The Balaban J connectivity index is 2.59. The smallest absolute Gasteiger partial charge is 0.268 e. The van der Waals surface area contributed by atoms with Crippen LogP contribution in [0.2, 0.25) is 0 Å². The normalized spacial score (nSPS) is 19.6. The zero-order valence-electron chi connectivity index (χ0n) is 7.51. The van der Waals surface area contributed by atoms with Gasteiger partial charge in [0.2, 0.25) is 0 Å². The average Bonchev–Trinajstić information content (AvgIpc) is 2.41. The van der Waals surface area contributed by atoms with E-state index < -0.39 is 16.9 Å². The van der Waals surface area contributed by atoms with E-state index in [9.17, 15) is 14.9 Å². The second kappa shape index (κ2) is 2.80. The summed E-state index contributed by atoms with van der Waals surface area (Å²) in [5, 5.41) is 10.6. The second-order valence-electron chi connectivity index (χ2n) is 3.17. The van der Waals surface area contributed by atoms with Crippen molar-refractivity contribution in [2.24, 2.45) is 0 Å². The van der Waals surface area contributed by atoms with E-state index in [0.717, 1.165) is 0 Å². The highest BCUT2D eigenvalue weighted by atomic mass is 16.7. The number of para-hydroxylation sites is 1. The van der Waals surface area contributed by atoms with Gasteiger partial charge in [-0.05, 0) is 23.6 Å². The summed E-state index contributed by atoms with van der Waals surface area (Å²) in [6.07, 6.45) is 0. The number of rotatable bonds is 1. The third-order valence-corrected chi connectivity index (χ3v) is 2.37. The van der Waals surface area contributed by atoms with Gasteiger partial charge < -0.3 is 0 Å². The van der Waals surface area contributed by atoms with Crippen molar-refractivity contribution in [3.63, 3.8) is 0 Å². The molecule has 1 heterocycles. The first-order valence-electron chi connectivity index (χ1n) is 4.20. The minimum absolute atomic E-state index is 0.384. The van der Waals surface area contributed by atoms with Crippen LogP contribution in [0, 0.1) is 10.1 Å². The van der Waals surface area contributed by atoms with E-state index in [-0.39, 0.29) is 0 Å². The zero-order valence-corrected chi connectivity index (χ0v) is 7.51. The van der Waals surface area contributed by atoms with Crippen molar-refractivity contribution in [3.05, 3.63) is 39.9 Å². The third kappa shape index (κ3) is 0.985. The first-order valence-corrected chi connectivity index (χ1v) is 4.20. The fraction of sp³-hybridized carbons (Fsp3) is 0.222. The van der Waals surface area contributed by atoms with E-state index in [1.54, 1.807) is 31.2 Å². The molecular formula is C9H8N2O3. The first-order chi connectivity index (χ1) is 6.63. The lowest BCUT2D eigenvalue weighted by Gasteiger charge is -2.04. The van der Waals surface area contributed by atoms with E-state index in [2.05, 4.69) is 0 Å². The Bertz CT molecular complexity index is 416. The number of hydrogen-bond donors (Lipinski definition) is 0. The molecule has 0 saturated carbocycles. The molecule has 5 heteroatoms. The molecule has 0 radical (unpaired) electrons. The quantitative estimate of drug-likeness (QED) is 0.498. The Hall–Kier alpha value is -1.91. The van der Waals surface area contributed by atoms with Crippen molar-refractivity contribution in [2.45, 2.75) is 12.8 Å². The van der Waals surface area contributed by atoms with Gasteiger partial charge >= 0.3 is 0 Å². The van der Waals surface area contributed by atoms with Crippen LogP contribution < -0.4 is 5.01 Å². The number of anilines is 1. The van der Waals surface area contributed by atoms with Gasteiger partial charge in [-0.2, -0.15) is 0 Å². The van der Waals surface area contributed by atoms with Gasteiger partial charge in [-0.1, -0.05) is 18.2 Å².